The Morgan fingerprint density at radius 2 is 2.15 bits per heavy atom. The molecule has 1 heterocycles. The van der Waals surface area contributed by atoms with Crippen LogP contribution in [-0.2, 0) is 13.0 Å². The van der Waals surface area contributed by atoms with E-state index in [-0.39, 0.29) is 5.82 Å². The largest absolute Gasteiger partial charge is 0.493 e. The molecule has 0 N–H and O–H groups in total. The van der Waals surface area contributed by atoms with Crippen molar-refractivity contribution in [1.29, 1.82) is 0 Å². The van der Waals surface area contributed by atoms with E-state index in [1.165, 1.54) is 11.6 Å². The minimum Gasteiger partial charge on any atom is -0.493 e. The first-order chi connectivity index (χ1) is 9.63. The molecule has 0 aromatic heterocycles. The first kappa shape index (κ1) is 13.4. The van der Waals surface area contributed by atoms with Gasteiger partial charge in [0.25, 0.3) is 0 Å². The highest BCUT2D eigenvalue weighted by atomic mass is 79.9. The summed E-state index contributed by atoms with van der Waals surface area (Å²) in [6.07, 6.45) is 0.928. The van der Waals surface area contributed by atoms with Gasteiger partial charge < -0.3 is 9.47 Å². The van der Waals surface area contributed by atoms with Gasteiger partial charge in [0, 0.05) is 16.5 Å². The fourth-order valence-corrected chi connectivity index (χ4v) is 2.87. The molecule has 2 aromatic rings. The van der Waals surface area contributed by atoms with Gasteiger partial charge in [-0.2, -0.15) is 0 Å². The van der Waals surface area contributed by atoms with Gasteiger partial charge in [-0.05, 0) is 48.4 Å². The average Bonchev–Trinajstić information content (AvgIpc) is 2.88. The lowest BCUT2D eigenvalue weighted by atomic mass is 10.1. The maximum Gasteiger partial charge on any atom is 0.129 e. The predicted molar refractivity (Wildman–Crippen MR) is 78.8 cm³/mol. The van der Waals surface area contributed by atoms with E-state index in [4.69, 9.17) is 9.47 Å². The molecule has 2 nitrogen and oxygen atoms in total. The Bertz CT molecular complexity index is 655. The minimum absolute atomic E-state index is 0.218. The molecule has 104 valence electrons. The van der Waals surface area contributed by atoms with Crippen LogP contribution in [0.4, 0.5) is 4.39 Å². The van der Waals surface area contributed by atoms with E-state index in [1.807, 2.05) is 6.07 Å². The Labute approximate surface area is 125 Å². The second-order valence-corrected chi connectivity index (χ2v) is 5.77. The van der Waals surface area contributed by atoms with E-state index in [1.54, 1.807) is 19.1 Å². The predicted octanol–water partition coefficient (Wildman–Crippen LogP) is 4.41. The summed E-state index contributed by atoms with van der Waals surface area (Å²) in [4.78, 5) is 0. The van der Waals surface area contributed by atoms with Crippen molar-refractivity contribution in [3.8, 4) is 11.5 Å². The Balaban J connectivity index is 1.80. The summed E-state index contributed by atoms with van der Waals surface area (Å²) in [5.41, 5.74) is 2.79. The summed E-state index contributed by atoms with van der Waals surface area (Å²) in [7, 11) is 0. The molecule has 4 heteroatoms. The van der Waals surface area contributed by atoms with Crippen molar-refractivity contribution in [1.82, 2.24) is 0 Å². The number of rotatable bonds is 3. The van der Waals surface area contributed by atoms with Crippen LogP contribution in [0.25, 0.3) is 0 Å². The topological polar surface area (TPSA) is 18.5 Å². The molecule has 3 rings (SSSR count). The standard InChI is InChI=1S/C16H14BrFO2/c1-10-6-14(2-3-15(10)18)20-9-12-8-13(17)7-11-4-5-19-16(11)12/h2-3,6-8H,4-5,9H2,1H3. The monoisotopic (exact) mass is 336 g/mol. The molecule has 0 amide bonds. The number of benzene rings is 2. The van der Waals surface area contributed by atoms with E-state index in [0.717, 1.165) is 22.2 Å². The molecule has 0 aliphatic carbocycles. The number of fused-ring (bicyclic) bond motifs is 1. The molecule has 0 spiro atoms. The fraction of sp³-hybridized carbons (Fsp3) is 0.250. The van der Waals surface area contributed by atoms with Gasteiger partial charge in [-0.25, -0.2) is 4.39 Å². The number of halogens is 2. The van der Waals surface area contributed by atoms with E-state index < -0.39 is 0 Å². The normalized spacial score (nSPS) is 12.9. The van der Waals surface area contributed by atoms with Gasteiger partial charge in [-0.15, -0.1) is 0 Å². The van der Waals surface area contributed by atoms with Gasteiger partial charge in [-0.3, -0.25) is 0 Å². The SMILES string of the molecule is Cc1cc(OCc2cc(Br)cc3c2OCC3)ccc1F. The highest BCUT2D eigenvalue weighted by Gasteiger charge is 2.17. The molecular formula is C16H14BrFO2. The Hall–Kier alpha value is -1.55. The van der Waals surface area contributed by atoms with Gasteiger partial charge in [0.05, 0.1) is 6.61 Å². The van der Waals surface area contributed by atoms with Gasteiger partial charge in [-0.1, -0.05) is 15.9 Å². The molecule has 0 radical (unpaired) electrons. The smallest absolute Gasteiger partial charge is 0.129 e. The maximum absolute atomic E-state index is 13.2. The Morgan fingerprint density at radius 1 is 1.30 bits per heavy atom. The van der Waals surface area contributed by atoms with E-state index >= 15 is 0 Å². The van der Waals surface area contributed by atoms with Crippen molar-refractivity contribution in [2.45, 2.75) is 20.0 Å². The first-order valence-electron chi connectivity index (χ1n) is 6.46. The van der Waals surface area contributed by atoms with Crippen molar-refractivity contribution >= 4 is 15.9 Å². The molecule has 2 aromatic carbocycles. The summed E-state index contributed by atoms with van der Waals surface area (Å²) >= 11 is 3.50. The lowest BCUT2D eigenvalue weighted by molar-refractivity contribution is 0.291. The summed E-state index contributed by atoms with van der Waals surface area (Å²) in [6.45, 7) is 2.85. The summed E-state index contributed by atoms with van der Waals surface area (Å²) in [5.74, 6) is 1.37. The minimum atomic E-state index is -0.218. The van der Waals surface area contributed by atoms with E-state index in [2.05, 4.69) is 22.0 Å². The van der Waals surface area contributed by atoms with Crippen LogP contribution in [-0.4, -0.2) is 6.61 Å². The zero-order chi connectivity index (χ0) is 14.1. The van der Waals surface area contributed by atoms with E-state index in [9.17, 15) is 4.39 Å². The Morgan fingerprint density at radius 3 is 2.95 bits per heavy atom. The third-order valence-electron chi connectivity index (χ3n) is 3.35. The third-order valence-corrected chi connectivity index (χ3v) is 3.81. The number of hydrogen-bond acceptors (Lipinski definition) is 2. The van der Waals surface area contributed by atoms with Gasteiger partial charge in [0.1, 0.15) is 23.9 Å². The molecule has 1 aliphatic rings. The van der Waals surface area contributed by atoms with Crippen LogP contribution in [0.5, 0.6) is 11.5 Å². The molecule has 0 fully saturated rings. The zero-order valence-corrected chi connectivity index (χ0v) is 12.7. The first-order valence-corrected chi connectivity index (χ1v) is 7.26. The number of ether oxygens (including phenoxy) is 2. The van der Waals surface area contributed by atoms with Crippen LogP contribution < -0.4 is 9.47 Å². The maximum atomic E-state index is 13.2. The van der Waals surface area contributed by atoms with Gasteiger partial charge in [0.2, 0.25) is 0 Å². The number of hydrogen-bond donors (Lipinski definition) is 0. The van der Waals surface area contributed by atoms with Crippen molar-refractivity contribution < 1.29 is 13.9 Å². The molecular weight excluding hydrogens is 323 g/mol. The summed E-state index contributed by atoms with van der Waals surface area (Å²) in [5, 5.41) is 0. The lowest BCUT2D eigenvalue weighted by Crippen LogP contribution is -1.99. The van der Waals surface area contributed by atoms with Crippen molar-refractivity contribution in [2.24, 2.45) is 0 Å². The molecule has 0 atom stereocenters. The van der Waals surface area contributed by atoms with Gasteiger partial charge in [0.15, 0.2) is 0 Å². The highest BCUT2D eigenvalue weighted by molar-refractivity contribution is 9.10. The van der Waals surface area contributed by atoms with Crippen molar-refractivity contribution in [3.63, 3.8) is 0 Å². The molecule has 0 saturated heterocycles. The van der Waals surface area contributed by atoms with Gasteiger partial charge >= 0.3 is 0 Å². The Kier molecular flexibility index (Phi) is 3.66. The highest BCUT2D eigenvalue weighted by Crippen LogP contribution is 2.33. The van der Waals surface area contributed by atoms with Crippen molar-refractivity contribution in [3.05, 3.63) is 57.3 Å². The van der Waals surface area contributed by atoms with Crippen LogP contribution in [0.2, 0.25) is 0 Å². The third kappa shape index (κ3) is 2.66. The van der Waals surface area contributed by atoms with Crippen molar-refractivity contribution in [2.75, 3.05) is 6.61 Å². The second kappa shape index (κ2) is 5.44. The van der Waals surface area contributed by atoms with Crippen LogP contribution in [0.15, 0.2) is 34.8 Å². The molecule has 1 aliphatic heterocycles. The molecule has 0 saturated carbocycles. The van der Waals surface area contributed by atoms with Crippen LogP contribution in [0.3, 0.4) is 0 Å². The lowest BCUT2D eigenvalue weighted by Gasteiger charge is -2.11. The average molecular weight is 337 g/mol. The van der Waals surface area contributed by atoms with E-state index in [0.29, 0.717) is 24.5 Å². The fourth-order valence-electron chi connectivity index (χ4n) is 2.32. The number of aryl methyl sites for hydroxylation is 1. The van der Waals surface area contributed by atoms with Crippen LogP contribution in [0, 0.1) is 12.7 Å². The summed E-state index contributed by atoms with van der Waals surface area (Å²) < 4.78 is 25.6. The molecule has 0 unspecified atom stereocenters. The second-order valence-electron chi connectivity index (χ2n) is 4.85. The van der Waals surface area contributed by atoms with Crippen LogP contribution >= 0.6 is 15.9 Å². The molecule has 20 heavy (non-hydrogen) atoms. The quantitative estimate of drug-likeness (QED) is 0.826. The van der Waals surface area contributed by atoms with Crippen LogP contribution in [0.1, 0.15) is 16.7 Å². The zero-order valence-electron chi connectivity index (χ0n) is 11.1. The summed E-state index contributed by atoms with van der Waals surface area (Å²) in [6, 6.07) is 8.84. The molecule has 0 bridgehead atoms.